The van der Waals surface area contributed by atoms with E-state index in [0.29, 0.717) is 0 Å². The molecule has 0 fully saturated rings. The minimum atomic E-state index is -0.514. The van der Waals surface area contributed by atoms with Gasteiger partial charge in [0.15, 0.2) is 0 Å². The normalized spacial score (nSPS) is 14.1. The summed E-state index contributed by atoms with van der Waals surface area (Å²) >= 11 is 0. The minimum absolute atomic E-state index is 0.514. The summed E-state index contributed by atoms with van der Waals surface area (Å²) in [6.45, 7) is 0. The van der Waals surface area contributed by atoms with Crippen molar-refractivity contribution in [3.8, 4) is 55.9 Å². The van der Waals surface area contributed by atoms with Crippen LogP contribution in [0.4, 0.5) is 17.1 Å². The Morgan fingerprint density at radius 3 is 1.56 bits per heavy atom. The first-order chi connectivity index (χ1) is 39.7. The van der Waals surface area contributed by atoms with Crippen molar-refractivity contribution in [3.63, 3.8) is 0 Å². The summed E-state index contributed by atoms with van der Waals surface area (Å²) in [6.07, 6.45) is 0. The van der Waals surface area contributed by atoms with Gasteiger partial charge in [0, 0.05) is 44.2 Å². The minimum Gasteiger partial charge on any atom is -0.310 e. The van der Waals surface area contributed by atoms with E-state index in [9.17, 15) is 0 Å². The van der Waals surface area contributed by atoms with Crippen LogP contribution in [0.3, 0.4) is 0 Å². The lowest BCUT2D eigenvalue weighted by atomic mass is 9.65. The van der Waals surface area contributed by atoms with Gasteiger partial charge in [0.25, 0.3) is 0 Å². The lowest BCUT2D eigenvalue weighted by Gasteiger charge is -2.39. The number of hydrogen-bond acceptors (Lipinski definition) is 1. The van der Waals surface area contributed by atoms with Crippen LogP contribution in [-0.2, 0) is 5.41 Å². The van der Waals surface area contributed by atoms with Crippen LogP contribution in [0, 0.1) is 0 Å². The Morgan fingerprint density at radius 2 is 0.787 bits per heavy atom. The highest BCUT2D eigenvalue weighted by Crippen LogP contribution is 2.61. The van der Waals surface area contributed by atoms with Crippen molar-refractivity contribution in [2.24, 2.45) is 0 Å². The van der Waals surface area contributed by atoms with Gasteiger partial charge in [-0.25, -0.2) is 0 Å². The van der Waals surface area contributed by atoms with Crippen molar-refractivity contribution in [2.45, 2.75) is 5.41 Å². The zero-order chi connectivity index (χ0) is 52.5. The Labute approximate surface area is 463 Å². The molecule has 1 spiro atoms. The Morgan fingerprint density at radius 1 is 0.275 bits per heavy atom. The molecule has 2 aromatic heterocycles. The molecule has 0 amide bonds. The van der Waals surface area contributed by atoms with Crippen LogP contribution in [-0.4, -0.2) is 9.13 Å². The van der Waals surface area contributed by atoms with E-state index in [2.05, 4.69) is 311 Å². The number of fused-ring (bicyclic) bond motifs is 16. The summed E-state index contributed by atoms with van der Waals surface area (Å²) in [5, 5.41) is 7.44. The van der Waals surface area contributed by atoms with Gasteiger partial charge in [-0.1, -0.05) is 218 Å². The third-order valence-corrected chi connectivity index (χ3v) is 17.5. The van der Waals surface area contributed by atoms with Crippen molar-refractivity contribution >= 4 is 71.4 Å². The van der Waals surface area contributed by atoms with E-state index in [-0.39, 0.29) is 0 Å². The predicted molar refractivity (Wildman–Crippen MR) is 334 cm³/mol. The molecule has 3 nitrogen and oxygen atoms in total. The Bertz CT molecular complexity index is 4950. The van der Waals surface area contributed by atoms with Gasteiger partial charge in [-0.15, -0.1) is 0 Å². The highest BCUT2D eigenvalue weighted by atomic mass is 15.1. The second-order valence-electron chi connectivity index (χ2n) is 21.6. The quantitative estimate of drug-likeness (QED) is 0.155. The summed E-state index contributed by atoms with van der Waals surface area (Å²) in [4.78, 5) is 2.43. The zero-order valence-electron chi connectivity index (χ0n) is 43.6. The summed E-state index contributed by atoms with van der Waals surface area (Å²) in [5.41, 5.74) is 25.1. The van der Waals surface area contributed by atoms with Crippen molar-refractivity contribution in [2.75, 3.05) is 4.90 Å². The molecule has 372 valence electrons. The van der Waals surface area contributed by atoms with E-state index in [1.54, 1.807) is 0 Å². The predicted octanol–water partition coefficient (Wildman–Crippen LogP) is 20.2. The van der Waals surface area contributed by atoms with Gasteiger partial charge in [0.1, 0.15) is 0 Å². The van der Waals surface area contributed by atoms with E-state index in [0.717, 1.165) is 33.9 Å². The fourth-order valence-corrected chi connectivity index (χ4v) is 14.1. The molecule has 0 N–H and O–H groups in total. The molecule has 13 aromatic carbocycles. The average molecular weight is 1020 g/mol. The number of rotatable bonds is 7. The van der Waals surface area contributed by atoms with Crippen LogP contribution in [0.25, 0.3) is 110 Å². The van der Waals surface area contributed by atoms with E-state index in [1.165, 1.54) is 116 Å². The summed E-state index contributed by atoms with van der Waals surface area (Å²) in [5.74, 6) is 0. The molecule has 1 atom stereocenters. The van der Waals surface area contributed by atoms with E-state index in [4.69, 9.17) is 0 Å². The molecular formula is C77H49N3. The fourth-order valence-electron chi connectivity index (χ4n) is 14.1. The van der Waals surface area contributed by atoms with Crippen molar-refractivity contribution in [3.05, 3.63) is 320 Å². The maximum Gasteiger partial charge on any atom is 0.0754 e. The number of aromatic nitrogens is 2. The Hall–Kier alpha value is -10.5. The first-order valence-electron chi connectivity index (χ1n) is 27.7. The van der Waals surface area contributed by atoms with Crippen molar-refractivity contribution in [1.82, 2.24) is 9.13 Å². The number of para-hydroxylation sites is 6. The van der Waals surface area contributed by atoms with Gasteiger partial charge < -0.3 is 14.0 Å². The average Bonchev–Trinajstić information content (AvgIpc) is 4.36. The third-order valence-electron chi connectivity index (χ3n) is 17.5. The molecule has 3 heterocycles. The molecule has 17 rings (SSSR count). The standard InChI is InChI=1S/C77H49N3/c1-2-17-50(18-3-1)51-33-35-52(36-34-51)60-19-5-11-28-71(60)78(57-42-44-58(45-43-57)79-72-29-12-6-21-63(72)64-22-7-13-30-73(64)79)59-41-39-54-47-53(37-38-55(54)48-59)56-40-46-62-61-20-4-9-25-67(61)77(70(62)49-56)68-26-10-15-32-75(68)80-74-31-14-8-23-65(74)66-24-16-27-69(77)76(66)80/h1-49H. The number of hydrogen-bond donors (Lipinski definition) is 0. The number of benzene rings is 13. The van der Waals surface area contributed by atoms with Crippen LogP contribution < -0.4 is 4.90 Å². The monoisotopic (exact) mass is 1020 g/mol. The van der Waals surface area contributed by atoms with Crippen LogP contribution >= 0.6 is 0 Å². The molecule has 1 aliphatic heterocycles. The van der Waals surface area contributed by atoms with E-state index < -0.39 is 5.41 Å². The molecule has 80 heavy (non-hydrogen) atoms. The molecule has 0 saturated carbocycles. The SMILES string of the molecule is c1ccc(-c2ccc(-c3ccccc3N(c3ccc(-n4c5ccccc5c5ccccc54)cc3)c3ccc4cc(-c5ccc6c(c5)C5(c7ccccc7-6)c6ccccc6-n6c7ccccc7c7cccc5c76)ccc4c3)cc2)cc1. The second kappa shape index (κ2) is 17.3. The van der Waals surface area contributed by atoms with Gasteiger partial charge in [0.05, 0.1) is 38.9 Å². The molecular weight excluding hydrogens is 967 g/mol. The molecule has 0 saturated heterocycles. The number of nitrogens with zero attached hydrogens (tertiary/aromatic N) is 3. The maximum absolute atomic E-state index is 2.52. The second-order valence-corrected chi connectivity index (χ2v) is 21.6. The maximum atomic E-state index is 2.52. The highest BCUT2D eigenvalue weighted by Gasteiger charge is 2.51. The first kappa shape index (κ1) is 44.6. The van der Waals surface area contributed by atoms with Gasteiger partial charge in [-0.05, 0) is 151 Å². The number of anilines is 3. The van der Waals surface area contributed by atoms with Crippen LogP contribution in [0.5, 0.6) is 0 Å². The van der Waals surface area contributed by atoms with Crippen LogP contribution in [0.1, 0.15) is 22.3 Å². The summed E-state index contributed by atoms with van der Waals surface area (Å²) < 4.78 is 4.91. The van der Waals surface area contributed by atoms with Crippen LogP contribution in [0.2, 0.25) is 0 Å². The lowest BCUT2D eigenvalue weighted by Crippen LogP contribution is -2.33. The third kappa shape index (κ3) is 6.37. The molecule has 3 heteroatoms. The Balaban J connectivity index is 0.802. The molecule has 2 aliphatic rings. The van der Waals surface area contributed by atoms with E-state index >= 15 is 0 Å². The van der Waals surface area contributed by atoms with Crippen LogP contribution in [0.15, 0.2) is 297 Å². The Kier molecular flexibility index (Phi) is 9.63. The first-order valence-corrected chi connectivity index (χ1v) is 27.7. The van der Waals surface area contributed by atoms with Crippen molar-refractivity contribution < 1.29 is 0 Å². The van der Waals surface area contributed by atoms with Gasteiger partial charge in [-0.3, -0.25) is 0 Å². The smallest absolute Gasteiger partial charge is 0.0754 e. The molecule has 1 aliphatic carbocycles. The topological polar surface area (TPSA) is 13.1 Å². The van der Waals surface area contributed by atoms with Gasteiger partial charge >= 0.3 is 0 Å². The van der Waals surface area contributed by atoms with E-state index in [1.807, 2.05) is 0 Å². The highest BCUT2D eigenvalue weighted by molar-refractivity contribution is 6.13. The fraction of sp³-hybridized carbons (Fsp3) is 0.0130. The van der Waals surface area contributed by atoms with Crippen molar-refractivity contribution in [1.29, 1.82) is 0 Å². The van der Waals surface area contributed by atoms with Gasteiger partial charge in [-0.2, -0.15) is 0 Å². The summed E-state index contributed by atoms with van der Waals surface area (Å²) in [7, 11) is 0. The van der Waals surface area contributed by atoms with Gasteiger partial charge in [0.2, 0.25) is 0 Å². The lowest BCUT2D eigenvalue weighted by molar-refractivity contribution is 0.749. The molecule has 0 radical (unpaired) electrons. The zero-order valence-corrected chi connectivity index (χ0v) is 43.6. The molecule has 1 unspecified atom stereocenters. The molecule has 0 bridgehead atoms. The molecule has 15 aromatic rings. The summed E-state index contributed by atoms with van der Waals surface area (Å²) in [6, 6.07) is 110. The largest absolute Gasteiger partial charge is 0.310 e.